The Morgan fingerprint density at radius 3 is 2.24 bits per heavy atom. The van der Waals surface area contributed by atoms with E-state index in [1.54, 1.807) is 13.0 Å². The molecule has 0 radical (unpaired) electrons. The first-order valence-electron chi connectivity index (χ1n) is 11.8. The summed E-state index contributed by atoms with van der Waals surface area (Å²) in [6, 6.07) is 18.1. The molecule has 202 valence electrons. The van der Waals surface area contributed by atoms with Crippen LogP contribution in [0.15, 0.2) is 72.8 Å². The number of hydrogen-bond acceptors (Lipinski definition) is 4. The largest absolute Gasteiger partial charge is 0.355 e. The van der Waals surface area contributed by atoms with Gasteiger partial charge in [-0.2, -0.15) is 0 Å². The highest BCUT2D eigenvalue weighted by atomic mass is 35.5. The maximum atomic E-state index is 14.7. The first-order chi connectivity index (χ1) is 18.0. The smallest absolute Gasteiger partial charge is 0.244 e. The summed E-state index contributed by atoms with van der Waals surface area (Å²) in [6.45, 7) is 1.16. The van der Waals surface area contributed by atoms with E-state index in [1.165, 1.54) is 41.3 Å². The van der Waals surface area contributed by atoms with Gasteiger partial charge in [-0.15, -0.1) is 0 Å². The van der Waals surface area contributed by atoms with E-state index in [1.807, 2.05) is 30.3 Å². The third-order valence-electron chi connectivity index (χ3n) is 5.79. The van der Waals surface area contributed by atoms with Crippen LogP contribution >= 0.6 is 23.2 Å². The molecule has 0 saturated carbocycles. The van der Waals surface area contributed by atoms with Gasteiger partial charge in [0.1, 0.15) is 18.4 Å². The zero-order valence-corrected chi connectivity index (χ0v) is 23.2. The molecule has 0 bridgehead atoms. The number of carbonyl (C=O) groups excluding carboxylic acids is 2. The van der Waals surface area contributed by atoms with Gasteiger partial charge in [0.15, 0.2) is 0 Å². The maximum Gasteiger partial charge on any atom is 0.244 e. The van der Waals surface area contributed by atoms with Crippen molar-refractivity contribution in [2.24, 2.45) is 0 Å². The predicted octanol–water partition coefficient (Wildman–Crippen LogP) is 4.67. The quantitative estimate of drug-likeness (QED) is 0.357. The molecular weight excluding hydrogens is 552 g/mol. The van der Waals surface area contributed by atoms with Crippen molar-refractivity contribution < 1.29 is 22.4 Å². The number of carbonyl (C=O) groups is 2. The highest BCUT2D eigenvalue weighted by Crippen LogP contribution is 2.29. The molecule has 0 spiro atoms. The third kappa shape index (κ3) is 7.69. The van der Waals surface area contributed by atoms with Crippen molar-refractivity contribution in [3.05, 3.63) is 99.8 Å². The van der Waals surface area contributed by atoms with Crippen molar-refractivity contribution in [2.75, 3.05) is 23.7 Å². The van der Waals surface area contributed by atoms with Gasteiger partial charge in [-0.3, -0.25) is 13.9 Å². The van der Waals surface area contributed by atoms with E-state index in [-0.39, 0.29) is 34.3 Å². The number of anilines is 1. The fraction of sp³-hybridized carbons (Fsp3) is 0.259. The van der Waals surface area contributed by atoms with Gasteiger partial charge in [-0.25, -0.2) is 12.8 Å². The molecule has 0 aliphatic rings. The van der Waals surface area contributed by atoms with Gasteiger partial charge in [0.05, 0.1) is 22.0 Å². The summed E-state index contributed by atoms with van der Waals surface area (Å²) in [4.78, 5) is 28.3. The molecule has 0 fully saturated rings. The van der Waals surface area contributed by atoms with Crippen molar-refractivity contribution in [2.45, 2.75) is 25.9 Å². The number of nitrogens with zero attached hydrogens (tertiary/aromatic N) is 2. The molecule has 38 heavy (non-hydrogen) atoms. The number of nitrogens with one attached hydrogen (secondary N) is 1. The van der Waals surface area contributed by atoms with Gasteiger partial charge >= 0.3 is 0 Å². The van der Waals surface area contributed by atoms with E-state index in [2.05, 4.69) is 5.32 Å². The van der Waals surface area contributed by atoms with Crippen LogP contribution in [0, 0.1) is 5.82 Å². The number of hydrogen-bond donors (Lipinski definition) is 1. The van der Waals surface area contributed by atoms with Gasteiger partial charge in [0.2, 0.25) is 21.8 Å². The van der Waals surface area contributed by atoms with Gasteiger partial charge in [-0.1, -0.05) is 71.7 Å². The normalized spacial score (nSPS) is 12.0. The van der Waals surface area contributed by atoms with E-state index in [9.17, 15) is 22.4 Å². The molecule has 1 atom stereocenters. The van der Waals surface area contributed by atoms with Crippen LogP contribution in [0.5, 0.6) is 0 Å². The summed E-state index contributed by atoms with van der Waals surface area (Å²) in [6.07, 6.45) is 1.09. The first kappa shape index (κ1) is 29.4. The standard InChI is InChI=1S/C27H28Cl2FN3O4S/c1-3-31-27(35)25(15-19-9-5-4-6-10-19)32(17-20-11-7-8-12-24(20)30)26(34)18-33(38(2,36)37)21-13-14-22(28)23(29)16-21/h4-14,16,25H,3,15,17-18H2,1-2H3,(H,31,35)/t25-/m0/s1. The second kappa shape index (κ2) is 13.1. The Labute approximate surface area is 232 Å². The molecule has 0 aliphatic carbocycles. The minimum Gasteiger partial charge on any atom is -0.355 e. The fourth-order valence-electron chi connectivity index (χ4n) is 3.91. The maximum absolute atomic E-state index is 14.7. The molecule has 7 nitrogen and oxygen atoms in total. The van der Waals surface area contributed by atoms with E-state index in [4.69, 9.17) is 23.2 Å². The van der Waals surface area contributed by atoms with Crippen molar-refractivity contribution in [1.29, 1.82) is 0 Å². The van der Waals surface area contributed by atoms with Crippen molar-refractivity contribution in [1.82, 2.24) is 10.2 Å². The van der Waals surface area contributed by atoms with Crippen LogP contribution in [-0.2, 0) is 32.6 Å². The summed E-state index contributed by atoms with van der Waals surface area (Å²) >= 11 is 12.1. The number of sulfonamides is 1. The summed E-state index contributed by atoms with van der Waals surface area (Å²) in [5.41, 5.74) is 1.09. The van der Waals surface area contributed by atoms with Crippen molar-refractivity contribution in [3.63, 3.8) is 0 Å². The Morgan fingerprint density at radius 1 is 0.974 bits per heavy atom. The summed E-state index contributed by atoms with van der Waals surface area (Å²) in [7, 11) is -3.96. The lowest BCUT2D eigenvalue weighted by Gasteiger charge is -2.33. The Morgan fingerprint density at radius 2 is 1.63 bits per heavy atom. The summed E-state index contributed by atoms with van der Waals surface area (Å²) in [5, 5.41) is 3.07. The molecule has 3 aromatic rings. The Balaban J connectivity index is 2.06. The Hall–Kier alpha value is -3.14. The number of rotatable bonds is 11. The number of benzene rings is 3. The number of likely N-dealkylation sites (N-methyl/N-ethyl adjacent to an activating group) is 1. The van der Waals surface area contributed by atoms with Crippen LogP contribution in [0.25, 0.3) is 0 Å². The van der Waals surface area contributed by atoms with Crippen LogP contribution in [0.2, 0.25) is 10.0 Å². The minimum absolute atomic E-state index is 0.109. The van der Waals surface area contributed by atoms with Gasteiger partial charge in [0.25, 0.3) is 0 Å². The second-order valence-corrected chi connectivity index (χ2v) is 11.3. The third-order valence-corrected chi connectivity index (χ3v) is 7.67. The molecule has 3 aromatic carbocycles. The number of halogens is 3. The Bertz CT molecular complexity index is 1390. The van der Waals surface area contributed by atoms with Crippen LogP contribution in [0.1, 0.15) is 18.1 Å². The predicted molar refractivity (Wildman–Crippen MR) is 148 cm³/mol. The fourth-order valence-corrected chi connectivity index (χ4v) is 5.04. The lowest BCUT2D eigenvalue weighted by Crippen LogP contribution is -2.53. The van der Waals surface area contributed by atoms with E-state index < -0.39 is 40.2 Å². The minimum atomic E-state index is -3.96. The zero-order valence-electron chi connectivity index (χ0n) is 20.9. The SMILES string of the molecule is CCNC(=O)[C@H](Cc1ccccc1)N(Cc1ccccc1F)C(=O)CN(c1ccc(Cl)c(Cl)c1)S(C)(=O)=O. The average Bonchev–Trinajstić information content (AvgIpc) is 2.87. The lowest BCUT2D eigenvalue weighted by atomic mass is 10.0. The van der Waals surface area contributed by atoms with Gasteiger partial charge in [-0.05, 0) is 36.8 Å². The molecule has 0 heterocycles. The number of amides is 2. The second-order valence-electron chi connectivity index (χ2n) is 8.58. The van der Waals surface area contributed by atoms with Crippen molar-refractivity contribution >= 4 is 50.7 Å². The molecule has 1 N–H and O–H groups in total. The lowest BCUT2D eigenvalue weighted by molar-refractivity contribution is -0.140. The summed E-state index contributed by atoms with van der Waals surface area (Å²) in [5.74, 6) is -1.69. The van der Waals surface area contributed by atoms with Crippen LogP contribution in [0.3, 0.4) is 0 Å². The topological polar surface area (TPSA) is 86.8 Å². The molecule has 0 aromatic heterocycles. The molecular formula is C27H28Cl2FN3O4S. The molecule has 11 heteroatoms. The molecule has 3 rings (SSSR count). The van der Waals surface area contributed by atoms with Gasteiger partial charge < -0.3 is 10.2 Å². The molecule has 2 amide bonds. The van der Waals surface area contributed by atoms with E-state index in [0.29, 0.717) is 6.54 Å². The van der Waals surface area contributed by atoms with E-state index in [0.717, 1.165) is 16.1 Å². The zero-order chi connectivity index (χ0) is 27.9. The van der Waals surface area contributed by atoms with Gasteiger partial charge in [0, 0.05) is 25.1 Å². The van der Waals surface area contributed by atoms with Crippen molar-refractivity contribution in [3.8, 4) is 0 Å². The molecule has 0 saturated heterocycles. The highest BCUT2D eigenvalue weighted by molar-refractivity contribution is 7.92. The molecule has 0 unspecified atom stereocenters. The Kier molecular flexibility index (Phi) is 10.1. The monoisotopic (exact) mass is 579 g/mol. The van der Waals surface area contributed by atoms with Crippen LogP contribution < -0.4 is 9.62 Å². The van der Waals surface area contributed by atoms with E-state index >= 15 is 0 Å². The van der Waals surface area contributed by atoms with Crippen LogP contribution in [-0.4, -0.2) is 50.5 Å². The van der Waals surface area contributed by atoms with Crippen LogP contribution in [0.4, 0.5) is 10.1 Å². The summed E-state index contributed by atoms with van der Waals surface area (Å²) < 4.78 is 41.0. The molecule has 0 aliphatic heterocycles. The average molecular weight is 581 g/mol. The highest BCUT2D eigenvalue weighted by Gasteiger charge is 2.33. The first-order valence-corrected chi connectivity index (χ1v) is 14.4.